The summed E-state index contributed by atoms with van der Waals surface area (Å²) in [4.78, 5) is 10.2. The molecule has 1 aliphatic heterocycles. The number of furan rings is 1. The zero-order chi connectivity index (χ0) is 29.0. The molecule has 0 bridgehead atoms. The first-order chi connectivity index (χ1) is 21.8. The third-order valence-electron chi connectivity index (χ3n) is 8.36. The summed E-state index contributed by atoms with van der Waals surface area (Å²) in [7, 11) is 0. The number of hydrogen-bond donors (Lipinski definition) is 1. The Hall–Kier alpha value is -5.52. The molecule has 0 saturated carbocycles. The Labute approximate surface area is 257 Å². The smallest absolute Gasteiger partial charge is 0.159 e. The molecule has 44 heavy (non-hydrogen) atoms. The second-order valence-electron chi connectivity index (χ2n) is 11.0. The number of rotatable bonds is 4. The molecular formula is C39H25N3OS. The summed E-state index contributed by atoms with van der Waals surface area (Å²) >= 11 is 1.84. The van der Waals surface area contributed by atoms with E-state index in [0.29, 0.717) is 5.84 Å². The van der Waals surface area contributed by atoms with Crippen molar-refractivity contribution in [2.75, 3.05) is 0 Å². The lowest BCUT2D eigenvalue weighted by atomic mass is 9.95. The summed E-state index contributed by atoms with van der Waals surface area (Å²) in [5, 5.41) is 8.39. The van der Waals surface area contributed by atoms with Gasteiger partial charge in [-0.15, -0.1) is 11.3 Å². The number of amidine groups is 2. The molecule has 4 nitrogen and oxygen atoms in total. The molecule has 1 atom stereocenters. The Morgan fingerprint density at radius 3 is 2.11 bits per heavy atom. The van der Waals surface area contributed by atoms with Crippen molar-refractivity contribution < 1.29 is 4.42 Å². The minimum atomic E-state index is -0.362. The summed E-state index contributed by atoms with van der Waals surface area (Å²) in [6, 6.07) is 48.5. The summed E-state index contributed by atoms with van der Waals surface area (Å²) in [6.45, 7) is 0. The van der Waals surface area contributed by atoms with Crippen molar-refractivity contribution in [1.29, 1.82) is 0 Å². The SMILES string of the molecule is c1ccc(C2=NC(c3cccc4oc5cccc(-c6ccc7sc8ccccc8c7c6)c5c34)NC(c3ccccc3)=N2)cc1. The van der Waals surface area contributed by atoms with E-state index in [9.17, 15) is 0 Å². The molecule has 1 unspecified atom stereocenters. The van der Waals surface area contributed by atoms with Crippen LogP contribution in [0.3, 0.4) is 0 Å². The van der Waals surface area contributed by atoms with Gasteiger partial charge in [0.15, 0.2) is 5.84 Å². The highest BCUT2D eigenvalue weighted by molar-refractivity contribution is 7.25. The summed E-state index contributed by atoms with van der Waals surface area (Å²) in [5.74, 6) is 1.50. The van der Waals surface area contributed by atoms with E-state index in [1.54, 1.807) is 0 Å². The average Bonchev–Trinajstić information content (AvgIpc) is 3.67. The van der Waals surface area contributed by atoms with Crippen LogP contribution in [0.2, 0.25) is 0 Å². The fraction of sp³-hybridized carbons (Fsp3) is 0.0256. The van der Waals surface area contributed by atoms with E-state index in [1.165, 1.54) is 25.7 Å². The van der Waals surface area contributed by atoms with Crippen LogP contribution in [-0.4, -0.2) is 11.7 Å². The van der Waals surface area contributed by atoms with E-state index in [1.807, 2.05) is 47.7 Å². The van der Waals surface area contributed by atoms with Crippen LogP contribution >= 0.6 is 11.3 Å². The van der Waals surface area contributed by atoms with Gasteiger partial charge in [0.25, 0.3) is 0 Å². The fourth-order valence-corrected chi connectivity index (χ4v) is 7.41. The van der Waals surface area contributed by atoms with Crippen molar-refractivity contribution in [3.05, 3.63) is 156 Å². The van der Waals surface area contributed by atoms with Gasteiger partial charge in [-0.25, -0.2) is 9.98 Å². The molecule has 2 aromatic heterocycles. The highest BCUT2D eigenvalue weighted by atomic mass is 32.1. The van der Waals surface area contributed by atoms with Gasteiger partial charge < -0.3 is 9.73 Å². The first kappa shape index (κ1) is 25.0. The first-order valence-electron chi connectivity index (χ1n) is 14.7. The van der Waals surface area contributed by atoms with Gasteiger partial charge in [-0.2, -0.15) is 0 Å². The van der Waals surface area contributed by atoms with Gasteiger partial charge in [0.1, 0.15) is 23.2 Å². The van der Waals surface area contributed by atoms with Crippen molar-refractivity contribution in [1.82, 2.24) is 5.32 Å². The van der Waals surface area contributed by atoms with Crippen LogP contribution in [0.5, 0.6) is 0 Å². The molecule has 0 spiro atoms. The van der Waals surface area contributed by atoms with Crippen molar-refractivity contribution >= 4 is 65.1 Å². The minimum Gasteiger partial charge on any atom is -0.456 e. The van der Waals surface area contributed by atoms with Gasteiger partial charge in [-0.3, -0.25) is 0 Å². The molecule has 0 radical (unpaired) electrons. The molecule has 9 rings (SSSR count). The molecule has 6 aromatic carbocycles. The lowest BCUT2D eigenvalue weighted by Gasteiger charge is -2.24. The first-order valence-corrected chi connectivity index (χ1v) is 15.5. The molecule has 0 aliphatic carbocycles. The van der Waals surface area contributed by atoms with Crippen LogP contribution in [0, 0.1) is 0 Å². The predicted molar refractivity (Wildman–Crippen MR) is 184 cm³/mol. The highest BCUT2D eigenvalue weighted by Gasteiger charge is 2.25. The number of nitrogens with one attached hydrogen (secondary N) is 1. The Morgan fingerprint density at radius 2 is 1.27 bits per heavy atom. The quantitative estimate of drug-likeness (QED) is 0.224. The van der Waals surface area contributed by atoms with Crippen LogP contribution in [0.25, 0.3) is 53.2 Å². The topological polar surface area (TPSA) is 49.9 Å². The van der Waals surface area contributed by atoms with Gasteiger partial charge in [-0.1, -0.05) is 109 Å². The molecule has 1 N–H and O–H groups in total. The average molecular weight is 584 g/mol. The Morgan fingerprint density at radius 1 is 0.568 bits per heavy atom. The molecule has 5 heteroatoms. The van der Waals surface area contributed by atoms with E-state index in [0.717, 1.165) is 50.0 Å². The van der Waals surface area contributed by atoms with E-state index >= 15 is 0 Å². The molecule has 8 aromatic rings. The third kappa shape index (κ3) is 4.05. The van der Waals surface area contributed by atoms with Crippen LogP contribution in [-0.2, 0) is 0 Å². The van der Waals surface area contributed by atoms with Crippen LogP contribution < -0.4 is 5.32 Å². The number of nitrogens with zero attached hydrogens (tertiary/aromatic N) is 2. The second kappa shape index (κ2) is 10.0. The number of thiophene rings is 1. The van der Waals surface area contributed by atoms with Crippen LogP contribution in [0.4, 0.5) is 0 Å². The summed E-state index contributed by atoms with van der Waals surface area (Å²) in [6.07, 6.45) is -0.362. The lowest BCUT2D eigenvalue weighted by molar-refractivity contribution is 0.662. The molecule has 0 amide bonds. The third-order valence-corrected chi connectivity index (χ3v) is 9.51. The largest absolute Gasteiger partial charge is 0.456 e. The second-order valence-corrected chi connectivity index (χ2v) is 12.1. The normalized spacial score (nSPS) is 15.0. The van der Waals surface area contributed by atoms with Crippen LogP contribution in [0.15, 0.2) is 154 Å². The fourth-order valence-electron chi connectivity index (χ4n) is 6.32. The van der Waals surface area contributed by atoms with Gasteiger partial charge in [-0.05, 0) is 41.5 Å². The van der Waals surface area contributed by atoms with Gasteiger partial charge in [0.05, 0.1) is 0 Å². The minimum absolute atomic E-state index is 0.362. The van der Waals surface area contributed by atoms with Gasteiger partial charge in [0.2, 0.25) is 0 Å². The lowest BCUT2D eigenvalue weighted by Crippen LogP contribution is -2.33. The number of aliphatic imine (C=N–C) groups is 2. The number of hydrogen-bond acceptors (Lipinski definition) is 5. The summed E-state index contributed by atoms with van der Waals surface area (Å²) in [5.41, 5.74) is 7.06. The highest BCUT2D eigenvalue weighted by Crippen LogP contribution is 2.42. The summed E-state index contributed by atoms with van der Waals surface area (Å²) < 4.78 is 9.11. The van der Waals surface area contributed by atoms with E-state index in [-0.39, 0.29) is 6.17 Å². The van der Waals surface area contributed by atoms with Gasteiger partial charge in [0, 0.05) is 47.6 Å². The maximum absolute atomic E-state index is 6.51. The van der Waals surface area contributed by atoms with Crippen molar-refractivity contribution in [2.45, 2.75) is 6.17 Å². The molecule has 1 aliphatic rings. The standard InChI is InChI=1S/C39H25N3OS/c1-3-11-24(12-4-1)37-40-38(25-13-5-2-6-14-25)42-39(41-37)29-17-10-19-32-36(29)35-27(16-9-18-31(35)43-32)26-21-22-34-30(23-26)28-15-7-8-20-33(28)44-34/h1-23,39H,(H,40,41,42). The molecule has 0 fully saturated rings. The van der Waals surface area contributed by atoms with Crippen molar-refractivity contribution in [3.63, 3.8) is 0 Å². The molecule has 208 valence electrons. The number of fused-ring (bicyclic) bond motifs is 6. The maximum Gasteiger partial charge on any atom is 0.159 e. The predicted octanol–water partition coefficient (Wildman–Crippen LogP) is 10.1. The van der Waals surface area contributed by atoms with E-state index < -0.39 is 0 Å². The monoisotopic (exact) mass is 583 g/mol. The van der Waals surface area contributed by atoms with E-state index in [4.69, 9.17) is 14.4 Å². The Balaban J connectivity index is 1.26. The zero-order valence-corrected chi connectivity index (χ0v) is 24.4. The molecular weight excluding hydrogens is 559 g/mol. The zero-order valence-electron chi connectivity index (χ0n) is 23.6. The van der Waals surface area contributed by atoms with E-state index in [2.05, 4.69) is 108 Å². The Bertz CT molecular complexity index is 2420. The number of benzene rings is 6. The van der Waals surface area contributed by atoms with Crippen molar-refractivity contribution in [2.24, 2.45) is 9.98 Å². The molecule has 0 saturated heterocycles. The van der Waals surface area contributed by atoms with Crippen LogP contribution in [0.1, 0.15) is 22.9 Å². The Kier molecular flexibility index (Phi) is 5.71. The van der Waals surface area contributed by atoms with Gasteiger partial charge >= 0.3 is 0 Å². The maximum atomic E-state index is 6.51. The molecule has 3 heterocycles. The van der Waals surface area contributed by atoms with Crippen molar-refractivity contribution in [3.8, 4) is 11.1 Å².